The number of hydrogen-bond donors (Lipinski definition) is 3. The molecule has 7 heteroatoms. The highest BCUT2D eigenvalue weighted by atomic mass is 16.1. The third kappa shape index (κ3) is 4.04. The number of amides is 1. The standard InChI is InChI=1S/C25H28N6O.C2H6/c26-24-23-22(20-12-18-2-1-3-19(16-8-9-16)21(18)29-20)30-25(31(23)11-10-28-24)17-6-4-15(5-7-17)13-27-14-32;1-2/h1-3,10-12,14-17,29H,4-9,13H2,(H2,26,28)(H,27,32);1-2H3. The maximum absolute atomic E-state index is 10.6. The van der Waals surface area contributed by atoms with Gasteiger partial charge in [-0.1, -0.05) is 32.0 Å². The second-order valence-electron chi connectivity index (χ2n) is 9.36. The molecule has 1 aromatic carbocycles. The summed E-state index contributed by atoms with van der Waals surface area (Å²) in [5.74, 6) is 3.16. The van der Waals surface area contributed by atoms with Crippen molar-refractivity contribution >= 4 is 28.6 Å². The number of carbonyl (C=O) groups is 1. The zero-order valence-corrected chi connectivity index (χ0v) is 20.1. The van der Waals surface area contributed by atoms with Crippen LogP contribution < -0.4 is 11.1 Å². The molecule has 6 rings (SSSR count). The summed E-state index contributed by atoms with van der Waals surface area (Å²) < 4.78 is 2.14. The Morgan fingerprint density at radius 3 is 2.65 bits per heavy atom. The number of aromatic nitrogens is 4. The molecular formula is C27H34N6O. The average Bonchev–Trinajstić information content (AvgIpc) is 3.50. The van der Waals surface area contributed by atoms with Crippen LogP contribution in [0.5, 0.6) is 0 Å². The molecule has 1 amide bonds. The molecule has 178 valence electrons. The van der Waals surface area contributed by atoms with Gasteiger partial charge >= 0.3 is 0 Å². The largest absolute Gasteiger partial charge is 0.382 e. The van der Waals surface area contributed by atoms with Gasteiger partial charge in [-0.3, -0.25) is 9.20 Å². The Morgan fingerprint density at radius 2 is 1.91 bits per heavy atom. The number of imidazole rings is 1. The Hall–Kier alpha value is -3.35. The molecule has 34 heavy (non-hydrogen) atoms. The van der Waals surface area contributed by atoms with E-state index in [1.54, 1.807) is 6.20 Å². The van der Waals surface area contributed by atoms with Gasteiger partial charge in [-0.05, 0) is 62.0 Å². The van der Waals surface area contributed by atoms with Gasteiger partial charge < -0.3 is 16.0 Å². The van der Waals surface area contributed by atoms with E-state index in [0.717, 1.165) is 61.4 Å². The van der Waals surface area contributed by atoms with Crippen molar-refractivity contribution in [1.29, 1.82) is 0 Å². The summed E-state index contributed by atoms with van der Waals surface area (Å²) in [6, 6.07) is 8.75. The molecule has 3 aromatic heterocycles. The summed E-state index contributed by atoms with van der Waals surface area (Å²) in [7, 11) is 0. The van der Waals surface area contributed by atoms with Gasteiger partial charge in [0.1, 0.15) is 22.9 Å². The highest BCUT2D eigenvalue weighted by Crippen LogP contribution is 2.44. The van der Waals surface area contributed by atoms with E-state index < -0.39 is 0 Å². The number of benzene rings is 1. The zero-order valence-electron chi connectivity index (χ0n) is 20.1. The van der Waals surface area contributed by atoms with Gasteiger partial charge in [0.05, 0.1) is 5.69 Å². The van der Waals surface area contributed by atoms with Gasteiger partial charge in [-0.25, -0.2) is 9.97 Å². The van der Waals surface area contributed by atoms with Crippen molar-refractivity contribution in [2.24, 2.45) is 5.92 Å². The summed E-state index contributed by atoms with van der Waals surface area (Å²) in [4.78, 5) is 23.8. The maximum Gasteiger partial charge on any atom is 0.207 e. The topological polar surface area (TPSA) is 101 Å². The number of fused-ring (bicyclic) bond motifs is 2. The molecule has 0 radical (unpaired) electrons. The second-order valence-corrected chi connectivity index (χ2v) is 9.36. The van der Waals surface area contributed by atoms with Crippen molar-refractivity contribution < 1.29 is 4.79 Å². The van der Waals surface area contributed by atoms with Gasteiger partial charge in [-0.2, -0.15) is 0 Å². The Morgan fingerprint density at radius 1 is 1.15 bits per heavy atom. The fourth-order valence-electron chi connectivity index (χ4n) is 5.44. The predicted octanol–water partition coefficient (Wildman–Crippen LogP) is 5.38. The Bertz CT molecular complexity index is 1290. The van der Waals surface area contributed by atoms with Crippen LogP contribution in [0.3, 0.4) is 0 Å². The van der Waals surface area contributed by atoms with E-state index in [0.29, 0.717) is 23.6 Å². The molecule has 0 atom stereocenters. The third-order valence-electron chi connectivity index (χ3n) is 7.27. The number of carbonyl (C=O) groups excluding carboxylic acids is 1. The molecular weight excluding hydrogens is 424 g/mol. The highest BCUT2D eigenvalue weighted by molar-refractivity contribution is 5.93. The maximum atomic E-state index is 10.6. The summed E-state index contributed by atoms with van der Waals surface area (Å²) in [5, 5.41) is 4.05. The van der Waals surface area contributed by atoms with E-state index in [1.807, 2.05) is 20.0 Å². The quantitative estimate of drug-likeness (QED) is 0.338. The number of aromatic amines is 1. The minimum Gasteiger partial charge on any atom is -0.382 e. The van der Waals surface area contributed by atoms with Gasteiger partial charge in [0.2, 0.25) is 6.41 Å². The molecule has 0 unspecified atom stereocenters. The number of nitrogens with zero attached hydrogens (tertiary/aromatic N) is 3. The van der Waals surface area contributed by atoms with Crippen LogP contribution in [0, 0.1) is 5.92 Å². The predicted molar refractivity (Wildman–Crippen MR) is 137 cm³/mol. The molecule has 4 aromatic rings. The smallest absolute Gasteiger partial charge is 0.207 e. The van der Waals surface area contributed by atoms with Crippen molar-refractivity contribution in [3.8, 4) is 11.4 Å². The van der Waals surface area contributed by atoms with Gasteiger partial charge in [0, 0.05) is 35.8 Å². The number of rotatable bonds is 6. The van der Waals surface area contributed by atoms with E-state index >= 15 is 0 Å². The first kappa shape index (κ1) is 22.4. The van der Waals surface area contributed by atoms with E-state index in [-0.39, 0.29) is 0 Å². The number of H-pyrrole nitrogens is 1. The van der Waals surface area contributed by atoms with Gasteiger partial charge in [-0.15, -0.1) is 0 Å². The van der Waals surface area contributed by atoms with Gasteiger partial charge in [0.15, 0.2) is 0 Å². The average molecular weight is 459 g/mol. The lowest BCUT2D eigenvalue weighted by molar-refractivity contribution is -0.109. The number of hydrogen-bond acceptors (Lipinski definition) is 4. The molecule has 3 heterocycles. The lowest BCUT2D eigenvalue weighted by Crippen LogP contribution is -2.25. The van der Waals surface area contributed by atoms with Crippen LogP contribution in [-0.2, 0) is 4.79 Å². The summed E-state index contributed by atoms with van der Waals surface area (Å²) >= 11 is 0. The molecule has 0 spiro atoms. The van der Waals surface area contributed by atoms with Crippen molar-refractivity contribution in [1.82, 2.24) is 24.7 Å². The minimum absolute atomic E-state index is 0.372. The van der Waals surface area contributed by atoms with Crippen LogP contribution >= 0.6 is 0 Å². The summed E-state index contributed by atoms with van der Waals surface area (Å²) in [6.45, 7) is 4.76. The first-order valence-corrected chi connectivity index (χ1v) is 12.6. The lowest BCUT2D eigenvalue weighted by atomic mass is 9.81. The van der Waals surface area contributed by atoms with E-state index in [2.05, 4.69) is 44.0 Å². The molecule has 2 aliphatic rings. The Labute approximate surface area is 200 Å². The zero-order chi connectivity index (χ0) is 23.7. The fraction of sp³-hybridized carbons (Fsp3) is 0.444. The molecule has 2 fully saturated rings. The number of anilines is 1. The number of nitrogens with two attached hydrogens (primary N) is 1. The summed E-state index contributed by atoms with van der Waals surface area (Å²) in [5.41, 5.74) is 11.8. The number of nitrogens with one attached hydrogen (secondary N) is 2. The lowest BCUT2D eigenvalue weighted by Gasteiger charge is -2.27. The monoisotopic (exact) mass is 458 g/mol. The molecule has 2 aliphatic carbocycles. The van der Waals surface area contributed by atoms with Crippen LogP contribution in [-0.4, -0.2) is 32.3 Å². The molecule has 0 saturated heterocycles. The molecule has 7 nitrogen and oxygen atoms in total. The van der Waals surface area contributed by atoms with E-state index in [1.165, 1.54) is 29.3 Å². The summed E-state index contributed by atoms with van der Waals surface area (Å²) in [6.07, 6.45) is 11.4. The van der Waals surface area contributed by atoms with Crippen LogP contribution in [0.25, 0.3) is 27.8 Å². The third-order valence-corrected chi connectivity index (χ3v) is 7.27. The van der Waals surface area contributed by atoms with E-state index in [9.17, 15) is 4.79 Å². The molecule has 0 aliphatic heterocycles. The van der Waals surface area contributed by atoms with Crippen molar-refractivity contribution in [2.75, 3.05) is 12.3 Å². The highest BCUT2D eigenvalue weighted by Gasteiger charge is 2.29. The molecule has 0 bridgehead atoms. The van der Waals surface area contributed by atoms with Crippen LogP contribution in [0.1, 0.15) is 75.6 Å². The van der Waals surface area contributed by atoms with Gasteiger partial charge in [0.25, 0.3) is 0 Å². The number of nitrogen functional groups attached to an aromatic ring is 1. The second kappa shape index (κ2) is 9.49. The van der Waals surface area contributed by atoms with E-state index in [4.69, 9.17) is 10.7 Å². The minimum atomic E-state index is 0.372. The Balaban J connectivity index is 0.00000117. The van der Waals surface area contributed by atoms with Crippen molar-refractivity contribution in [3.05, 3.63) is 48.0 Å². The first-order valence-electron chi connectivity index (χ1n) is 12.6. The van der Waals surface area contributed by atoms with Crippen LogP contribution in [0.2, 0.25) is 0 Å². The number of para-hydroxylation sites is 1. The molecule has 4 N–H and O–H groups in total. The molecule has 2 saturated carbocycles. The fourth-order valence-corrected chi connectivity index (χ4v) is 5.44. The van der Waals surface area contributed by atoms with Crippen molar-refractivity contribution in [2.45, 2.75) is 64.2 Å². The normalized spacial score (nSPS) is 20.2. The van der Waals surface area contributed by atoms with Crippen LogP contribution in [0.15, 0.2) is 36.7 Å². The Kier molecular flexibility index (Phi) is 6.26. The van der Waals surface area contributed by atoms with Crippen LogP contribution in [0.4, 0.5) is 5.82 Å². The SMILES string of the molecule is CC.Nc1nccn2c(C3CCC(CNC=O)CC3)nc(-c3cc4cccc(C5CC5)c4[nH]3)c12. The first-order chi connectivity index (χ1) is 16.7. The van der Waals surface area contributed by atoms with Crippen molar-refractivity contribution in [3.63, 3.8) is 0 Å².